The number of rotatable bonds is 8. The lowest BCUT2D eigenvalue weighted by Crippen LogP contribution is -2.41. The maximum absolute atomic E-state index is 13.4. The third-order valence-electron chi connectivity index (χ3n) is 5.81. The summed E-state index contributed by atoms with van der Waals surface area (Å²) in [4.78, 5) is 13.0. The molecule has 4 nitrogen and oxygen atoms in total. The number of alkyl halides is 3. The van der Waals surface area contributed by atoms with Crippen LogP contribution in [-0.4, -0.2) is 17.1 Å². The van der Waals surface area contributed by atoms with Crippen LogP contribution in [0.4, 0.5) is 17.6 Å². The largest absolute Gasteiger partial charge is 0.457 e. The Morgan fingerprint density at radius 3 is 1.95 bits per heavy atom. The molecule has 0 radical (unpaired) electrons. The first-order chi connectivity index (χ1) is 18.1. The predicted molar refractivity (Wildman–Crippen MR) is 136 cm³/mol. The number of benzene rings is 4. The molecular formula is C29H22ClF4NO3. The van der Waals surface area contributed by atoms with Gasteiger partial charge in [0.2, 0.25) is 0 Å². The molecule has 0 spiro atoms. The molecule has 9 heteroatoms. The van der Waals surface area contributed by atoms with Crippen molar-refractivity contribution in [3.8, 4) is 11.5 Å². The van der Waals surface area contributed by atoms with Crippen LogP contribution < -0.4 is 10.1 Å². The fourth-order valence-electron chi connectivity index (χ4n) is 3.78. The first-order valence-electron chi connectivity index (χ1n) is 11.5. The van der Waals surface area contributed by atoms with E-state index in [9.17, 15) is 27.5 Å². The molecule has 196 valence electrons. The normalized spacial score (nSPS) is 13.0. The van der Waals surface area contributed by atoms with Gasteiger partial charge in [-0.25, -0.2) is 4.39 Å². The summed E-state index contributed by atoms with van der Waals surface area (Å²) in [6, 6.07) is 21.7. The van der Waals surface area contributed by atoms with E-state index >= 15 is 0 Å². The highest BCUT2D eigenvalue weighted by atomic mass is 35.5. The first kappa shape index (κ1) is 27.2. The SMILES string of the molecule is O=C(NC(Cc1ccc(C(F)(F)F)cc1)C(O)c1ccc(F)cc1)c1ccc(Oc2ccc(Cl)cc2)cc1. The zero-order chi connectivity index (χ0) is 27.3. The van der Waals surface area contributed by atoms with Crippen LogP contribution in [0.15, 0.2) is 97.1 Å². The lowest BCUT2D eigenvalue weighted by molar-refractivity contribution is -0.137. The third kappa shape index (κ3) is 7.12. The van der Waals surface area contributed by atoms with Gasteiger partial charge in [0, 0.05) is 10.6 Å². The summed E-state index contributed by atoms with van der Waals surface area (Å²) in [6.45, 7) is 0. The van der Waals surface area contributed by atoms with Crippen molar-refractivity contribution in [2.24, 2.45) is 0 Å². The zero-order valence-corrected chi connectivity index (χ0v) is 20.5. The minimum Gasteiger partial charge on any atom is -0.457 e. The Balaban J connectivity index is 1.51. The second-order valence-corrected chi connectivity index (χ2v) is 8.99. The summed E-state index contributed by atoms with van der Waals surface area (Å²) in [7, 11) is 0. The molecule has 4 aromatic rings. The monoisotopic (exact) mass is 543 g/mol. The van der Waals surface area contributed by atoms with Gasteiger partial charge in [0.15, 0.2) is 0 Å². The molecule has 0 aromatic heterocycles. The molecular weight excluding hydrogens is 522 g/mol. The summed E-state index contributed by atoms with van der Waals surface area (Å²) in [5.41, 5.74) is 0.283. The third-order valence-corrected chi connectivity index (χ3v) is 6.06. The molecule has 0 aliphatic heterocycles. The average molecular weight is 544 g/mol. The molecule has 2 unspecified atom stereocenters. The number of nitrogens with one attached hydrogen (secondary N) is 1. The van der Waals surface area contributed by atoms with Gasteiger partial charge >= 0.3 is 6.18 Å². The fraction of sp³-hybridized carbons (Fsp3) is 0.138. The number of aliphatic hydroxyl groups excluding tert-OH is 1. The minimum absolute atomic E-state index is 0.0280. The van der Waals surface area contributed by atoms with Crippen molar-refractivity contribution >= 4 is 17.5 Å². The Hall–Kier alpha value is -3.88. The highest BCUT2D eigenvalue weighted by Gasteiger charge is 2.30. The van der Waals surface area contributed by atoms with Gasteiger partial charge in [-0.3, -0.25) is 4.79 Å². The van der Waals surface area contributed by atoms with Gasteiger partial charge in [0.1, 0.15) is 17.3 Å². The lowest BCUT2D eigenvalue weighted by atomic mass is 9.95. The maximum atomic E-state index is 13.4. The van der Waals surface area contributed by atoms with E-state index in [4.69, 9.17) is 16.3 Å². The van der Waals surface area contributed by atoms with Gasteiger partial charge in [-0.15, -0.1) is 0 Å². The van der Waals surface area contributed by atoms with E-state index in [-0.39, 0.29) is 12.0 Å². The van der Waals surface area contributed by atoms with Crippen molar-refractivity contribution in [2.45, 2.75) is 24.7 Å². The summed E-state index contributed by atoms with van der Waals surface area (Å²) in [5, 5.41) is 14.3. The zero-order valence-electron chi connectivity index (χ0n) is 19.8. The Kier molecular flexibility index (Phi) is 8.34. The molecule has 2 N–H and O–H groups in total. The molecule has 0 aliphatic rings. The van der Waals surface area contributed by atoms with Crippen LogP contribution in [0, 0.1) is 5.82 Å². The van der Waals surface area contributed by atoms with Crippen LogP contribution in [-0.2, 0) is 12.6 Å². The van der Waals surface area contributed by atoms with Crippen molar-refractivity contribution in [3.63, 3.8) is 0 Å². The Morgan fingerprint density at radius 1 is 0.842 bits per heavy atom. The van der Waals surface area contributed by atoms with E-state index in [0.717, 1.165) is 12.1 Å². The van der Waals surface area contributed by atoms with Gasteiger partial charge in [-0.2, -0.15) is 13.2 Å². The van der Waals surface area contributed by atoms with Gasteiger partial charge < -0.3 is 15.2 Å². The average Bonchev–Trinajstić information content (AvgIpc) is 2.90. The van der Waals surface area contributed by atoms with Crippen molar-refractivity contribution in [2.75, 3.05) is 0 Å². The summed E-state index contributed by atoms with van der Waals surface area (Å²) in [5.74, 6) is 0.0356. The molecule has 1 amide bonds. The second kappa shape index (κ2) is 11.7. The van der Waals surface area contributed by atoms with E-state index < -0.39 is 35.6 Å². The van der Waals surface area contributed by atoms with E-state index in [1.807, 2.05) is 0 Å². The molecule has 38 heavy (non-hydrogen) atoms. The maximum Gasteiger partial charge on any atom is 0.416 e. The van der Waals surface area contributed by atoms with Crippen molar-refractivity contribution in [1.29, 1.82) is 0 Å². The molecule has 0 bridgehead atoms. The van der Waals surface area contributed by atoms with Crippen LogP contribution in [0.5, 0.6) is 11.5 Å². The number of hydrogen-bond acceptors (Lipinski definition) is 3. The van der Waals surface area contributed by atoms with Crippen molar-refractivity contribution in [1.82, 2.24) is 5.32 Å². The van der Waals surface area contributed by atoms with Gasteiger partial charge in [-0.05, 0) is 90.3 Å². The Morgan fingerprint density at radius 2 is 1.39 bits per heavy atom. The molecule has 0 heterocycles. The molecule has 4 rings (SSSR count). The van der Waals surface area contributed by atoms with Gasteiger partial charge in [0.25, 0.3) is 5.91 Å². The van der Waals surface area contributed by atoms with Gasteiger partial charge in [-0.1, -0.05) is 35.9 Å². The molecule has 0 saturated heterocycles. The minimum atomic E-state index is -4.48. The highest BCUT2D eigenvalue weighted by Crippen LogP contribution is 2.30. The van der Waals surface area contributed by atoms with Crippen LogP contribution in [0.1, 0.15) is 33.2 Å². The number of carbonyl (C=O) groups excluding carboxylic acids is 1. The molecule has 0 fully saturated rings. The summed E-state index contributed by atoms with van der Waals surface area (Å²) >= 11 is 5.88. The first-order valence-corrected chi connectivity index (χ1v) is 11.9. The Labute approximate surface area is 221 Å². The molecule has 0 aliphatic carbocycles. The van der Waals surface area contributed by atoms with Crippen molar-refractivity contribution < 1.29 is 32.2 Å². The molecule has 2 atom stereocenters. The fourth-order valence-corrected chi connectivity index (χ4v) is 3.91. The standard InChI is InChI=1S/C29H22ClF4NO3/c30-22-9-15-25(16-10-22)38-24-13-5-20(6-14-24)28(37)35-26(27(36)19-3-11-23(31)12-4-19)17-18-1-7-21(8-2-18)29(32,33)34/h1-16,26-27,36H,17H2,(H,35,37). The number of hydrogen-bond donors (Lipinski definition) is 2. The topological polar surface area (TPSA) is 58.6 Å². The Bertz CT molecular complexity index is 1360. The number of ether oxygens (including phenoxy) is 1. The van der Waals surface area contributed by atoms with Crippen molar-refractivity contribution in [3.05, 3.63) is 130 Å². The second-order valence-electron chi connectivity index (χ2n) is 8.56. The number of halogens is 5. The van der Waals surface area contributed by atoms with Crippen LogP contribution >= 0.6 is 11.6 Å². The van der Waals surface area contributed by atoms with E-state index in [1.165, 1.54) is 36.4 Å². The quantitative estimate of drug-likeness (QED) is 0.228. The number of aliphatic hydroxyl groups is 1. The van der Waals surface area contributed by atoms with E-state index in [1.54, 1.807) is 48.5 Å². The van der Waals surface area contributed by atoms with Crippen LogP contribution in [0.3, 0.4) is 0 Å². The smallest absolute Gasteiger partial charge is 0.416 e. The van der Waals surface area contributed by atoms with E-state index in [0.29, 0.717) is 27.6 Å². The number of carbonyl (C=O) groups is 1. The van der Waals surface area contributed by atoms with Gasteiger partial charge in [0.05, 0.1) is 17.7 Å². The van der Waals surface area contributed by atoms with Crippen LogP contribution in [0.25, 0.3) is 0 Å². The lowest BCUT2D eigenvalue weighted by Gasteiger charge is -2.25. The highest BCUT2D eigenvalue weighted by molar-refractivity contribution is 6.30. The molecule has 4 aromatic carbocycles. The van der Waals surface area contributed by atoms with Crippen LogP contribution in [0.2, 0.25) is 5.02 Å². The summed E-state index contributed by atoms with van der Waals surface area (Å²) < 4.78 is 58.0. The number of amides is 1. The summed E-state index contributed by atoms with van der Waals surface area (Å²) in [6.07, 6.45) is -5.71. The van der Waals surface area contributed by atoms with E-state index in [2.05, 4.69) is 5.32 Å². The predicted octanol–water partition coefficient (Wildman–Crippen LogP) is 7.36. The molecule has 0 saturated carbocycles.